The minimum Gasteiger partial charge on any atom is -0.321 e. The van der Waals surface area contributed by atoms with E-state index in [1.807, 2.05) is 25.5 Å². The van der Waals surface area contributed by atoms with Crippen molar-refractivity contribution >= 4 is 22.9 Å². The molecule has 2 aromatic heterocycles. The SMILES string of the molecule is Cc1nc(-n2nc(C)c(CCC(C)C)c2C)sc1C(=O)Nc1ccc(F)cc1. The lowest BCUT2D eigenvalue weighted by Crippen LogP contribution is -2.11. The van der Waals surface area contributed by atoms with Gasteiger partial charge in [-0.15, -0.1) is 0 Å². The molecule has 3 aromatic rings. The topological polar surface area (TPSA) is 59.8 Å². The van der Waals surface area contributed by atoms with Gasteiger partial charge in [0.15, 0.2) is 0 Å². The van der Waals surface area contributed by atoms with Crippen molar-refractivity contribution in [1.29, 1.82) is 0 Å². The first-order valence-corrected chi connectivity index (χ1v) is 10.2. The third kappa shape index (κ3) is 4.30. The second-order valence-electron chi connectivity index (χ2n) is 7.37. The van der Waals surface area contributed by atoms with Gasteiger partial charge in [-0.1, -0.05) is 25.2 Å². The highest BCUT2D eigenvalue weighted by Crippen LogP contribution is 2.26. The van der Waals surface area contributed by atoms with Gasteiger partial charge in [0.25, 0.3) is 5.91 Å². The van der Waals surface area contributed by atoms with Gasteiger partial charge in [-0.3, -0.25) is 4.79 Å². The van der Waals surface area contributed by atoms with Crippen LogP contribution in [0.5, 0.6) is 0 Å². The first-order valence-electron chi connectivity index (χ1n) is 9.36. The van der Waals surface area contributed by atoms with Gasteiger partial charge in [0.2, 0.25) is 5.13 Å². The van der Waals surface area contributed by atoms with E-state index < -0.39 is 0 Å². The molecule has 1 N–H and O–H groups in total. The van der Waals surface area contributed by atoms with Crippen molar-refractivity contribution in [2.75, 3.05) is 5.32 Å². The van der Waals surface area contributed by atoms with Crippen molar-refractivity contribution in [2.24, 2.45) is 5.92 Å². The number of aryl methyl sites for hydroxylation is 2. The summed E-state index contributed by atoms with van der Waals surface area (Å²) < 4.78 is 14.9. The number of benzene rings is 1. The van der Waals surface area contributed by atoms with Gasteiger partial charge in [0, 0.05) is 11.4 Å². The summed E-state index contributed by atoms with van der Waals surface area (Å²) >= 11 is 1.31. The molecule has 0 saturated carbocycles. The Morgan fingerprint density at radius 1 is 1.18 bits per heavy atom. The first-order chi connectivity index (χ1) is 13.3. The van der Waals surface area contributed by atoms with Gasteiger partial charge >= 0.3 is 0 Å². The zero-order chi connectivity index (χ0) is 20.4. The molecule has 7 heteroatoms. The molecule has 0 saturated heterocycles. The van der Waals surface area contributed by atoms with Crippen LogP contribution in [0.3, 0.4) is 0 Å². The molecule has 0 spiro atoms. The summed E-state index contributed by atoms with van der Waals surface area (Å²) in [7, 11) is 0. The summed E-state index contributed by atoms with van der Waals surface area (Å²) in [4.78, 5) is 17.7. The Labute approximate surface area is 168 Å². The van der Waals surface area contributed by atoms with E-state index in [1.54, 1.807) is 0 Å². The Morgan fingerprint density at radius 2 is 1.86 bits per heavy atom. The summed E-state index contributed by atoms with van der Waals surface area (Å²) in [5, 5.41) is 8.13. The lowest BCUT2D eigenvalue weighted by atomic mass is 10.0. The number of nitrogens with zero attached hydrogens (tertiary/aromatic N) is 3. The highest BCUT2D eigenvalue weighted by Gasteiger charge is 2.20. The molecule has 0 atom stereocenters. The van der Waals surface area contributed by atoms with E-state index in [2.05, 4.69) is 29.2 Å². The predicted octanol–water partition coefficient (Wildman–Crippen LogP) is 5.23. The minimum atomic E-state index is -0.341. The molecule has 0 aliphatic rings. The smallest absolute Gasteiger partial charge is 0.267 e. The quantitative estimate of drug-likeness (QED) is 0.616. The Morgan fingerprint density at radius 3 is 2.50 bits per heavy atom. The van der Waals surface area contributed by atoms with Crippen LogP contribution in [0.2, 0.25) is 0 Å². The molecule has 0 fully saturated rings. The zero-order valence-corrected chi connectivity index (χ0v) is 17.7. The Kier molecular flexibility index (Phi) is 5.93. The largest absolute Gasteiger partial charge is 0.321 e. The number of carbonyl (C=O) groups is 1. The minimum absolute atomic E-state index is 0.255. The van der Waals surface area contributed by atoms with E-state index in [0.717, 1.165) is 24.2 Å². The molecule has 5 nitrogen and oxygen atoms in total. The van der Waals surface area contributed by atoms with Crippen LogP contribution >= 0.6 is 11.3 Å². The molecule has 0 unspecified atom stereocenters. The Balaban J connectivity index is 1.85. The highest BCUT2D eigenvalue weighted by atomic mass is 32.1. The summed E-state index contributed by atoms with van der Waals surface area (Å²) in [5.74, 6) is 0.0347. The summed E-state index contributed by atoms with van der Waals surface area (Å²) in [6, 6.07) is 5.70. The number of halogens is 1. The van der Waals surface area contributed by atoms with E-state index in [1.165, 1.54) is 41.2 Å². The van der Waals surface area contributed by atoms with Crippen LogP contribution in [-0.4, -0.2) is 20.7 Å². The average Bonchev–Trinajstić information content (AvgIpc) is 3.15. The fourth-order valence-electron chi connectivity index (χ4n) is 3.06. The van der Waals surface area contributed by atoms with E-state index in [4.69, 9.17) is 0 Å². The van der Waals surface area contributed by atoms with Crippen LogP contribution in [0.4, 0.5) is 10.1 Å². The Hall–Kier alpha value is -2.54. The summed E-state index contributed by atoms with van der Waals surface area (Å²) in [6.07, 6.45) is 2.09. The molecule has 148 valence electrons. The molecule has 0 radical (unpaired) electrons. The molecule has 3 rings (SSSR count). The first kappa shape index (κ1) is 20.2. The number of amides is 1. The molecule has 1 aromatic carbocycles. The average molecular weight is 401 g/mol. The summed E-state index contributed by atoms with van der Waals surface area (Å²) in [5.41, 5.74) is 4.51. The van der Waals surface area contributed by atoms with Crippen molar-refractivity contribution in [3.8, 4) is 5.13 Å². The Bertz CT molecular complexity index is 989. The zero-order valence-electron chi connectivity index (χ0n) is 16.8. The summed E-state index contributed by atoms with van der Waals surface area (Å²) in [6.45, 7) is 10.3. The van der Waals surface area contributed by atoms with Gasteiger partial charge in [-0.25, -0.2) is 14.1 Å². The number of hydrogen-bond donors (Lipinski definition) is 1. The molecule has 1 amide bonds. The third-order valence-corrected chi connectivity index (χ3v) is 5.82. The van der Waals surface area contributed by atoms with Crippen molar-refractivity contribution in [2.45, 2.75) is 47.5 Å². The third-order valence-electron chi connectivity index (χ3n) is 4.69. The number of nitrogens with one attached hydrogen (secondary N) is 1. The van der Waals surface area contributed by atoms with Crippen molar-refractivity contribution in [3.63, 3.8) is 0 Å². The molecule has 0 bridgehead atoms. The maximum Gasteiger partial charge on any atom is 0.267 e. The maximum atomic E-state index is 13.0. The number of anilines is 1. The van der Waals surface area contributed by atoms with Crippen LogP contribution in [0.15, 0.2) is 24.3 Å². The molecule has 0 aliphatic heterocycles. The van der Waals surface area contributed by atoms with E-state index in [-0.39, 0.29) is 11.7 Å². The van der Waals surface area contributed by atoms with Crippen LogP contribution in [0.25, 0.3) is 5.13 Å². The van der Waals surface area contributed by atoms with E-state index in [9.17, 15) is 9.18 Å². The normalized spacial score (nSPS) is 11.2. The highest BCUT2D eigenvalue weighted by molar-refractivity contribution is 7.16. The van der Waals surface area contributed by atoms with Crippen LogP contribution in [0, 0.1) is 32.5 Å². The van der Waals surface area contributed by atoms with Gasteiger partial charge in [-0.2, -0.15) is 5.10 Å². The predicted molar refractivity (Wildman–Crippen MR) is 111 cm³/mol. The van der Waals surface area contributed by atoms with Gasteiger partial charge < -0.3 is 5.32 Å². The molecular weight excluding hydrogens is 375 g/mol. The lowest BCUT2D eigenvalue weighted by Gasteiger charge is -2.05. The van der Waals surface area contributed by atoms with Crippen molar-refractivity contribution in [1.82, 2.24) is 14.8 Å². The number of hydrogen-bond acceptors (Lipinski definition) is 4. The number of rotatable bonds is 6. The van der Waals surface area contributed by atoms with Crippen molar-refractivity contribution in [3.05, 3.63) is 57.6 Å². The molecular formula is C21H25FN4OS. The molecule has 2 heterocycles. The maximum absolute atomic E-state index is 13.0. The van der Waals surface area contributed by atoms with Crippen LogP contribution in [-0.2, 0) is 6.42 Å². The number of carbonyl (C=O) groups excluding carboxylic acids is 1. The molecule has 28 heavy (non-hydrogen) atoms. The van der Waals surface area contributed by atoms with E-state index in [0.29, 0.717) is 27.3 Å². The standard InChI is InChI=1S/C21H25FN4OS/c1-12(2)6-11-18-13(3)25-26(15(18)5)21-23-14(4)19(28-21)20(27)24-17-9-7-16(22)8-10-17/h7-10,12H,6,11H2,1-5H3,(H,24,27). The van der Waals surface area contributed by atoms with Gasteiger partial charge in [-0.05, 0) is 69.4 Å². The number of aromatic nitrogens is 3. The van der Waals surface area contributed by atoms with Gasteiger partial charge in [0.05, 0.1) is 11.4 Å². The second kappa shape index (κ2) is 8.22. The second-order valence-corrected chi connectivity index (χ2v) is 8.34. The van der Waals surface area contributed by atoms with Crippen molar-refractivity contribution < 1.29 is 9.18 Å². The fraction of sp³-hybridized carbons (Fsp3) is 0.381. The fourth-order valence-corrected chi connectivity index (χ4v) is 4.03. The monoisotopic (exact) mass is 400 g/mol. The lowest BCUT2D eigenvalue weighted by molar-refractivity contribution is 0.103. The van der Waals surface area contributed by atoms with Crippen LogP contribution < -0.4 is 5.32 Å². The van der Waals surface area contributed by atoms with Gasteiger partial charge in [0.1, 0.15) is 10.7 Å². The van der Waals surface area contributed by atoms with Crippen LogP contribution in [0.1, 0.15) is 52.6 Å². The molecule has 0 aliphatic carbocycles. The van der Waals surface area contributed by atoms with E-state index >= 15 is 0 Å². The number of thiazole rings is 1.